The van der Waals surface area contributed by atoms with Crippen molar-refractivity contribution in [2.24, 2.45) is 0 Å². The molecule has 0 amide bonds. The molecule has 37 heavy (non-hydrogen) atoms. The minimum Gasteiger partial charge on any atom is -0.354 e. The topological polar surface area (TPSA) is 20.3 Å². The summed E-state index contributed by atoms with van der Waals surface area (Å²) in [6.07, 6.45) is 48.3. The summed E-state index contributed by atoms with van der Waals surface area (Å²) >= 11 is 0. The number of hydrogen-bond donors (Lipinski definition) is 0. The molecule has 0 bridgehead atoms. The highest BCUT2D eigenvalue weighted by atomic mass is 16.1. The van der Waals surface area contributed by atoms with Crippen LogP contribution in [0.25, 0.3) is 0 Å². The molecule has 0 N–H and O–H groups in total. The molecular weight excluding hydrogens is 450 g/mol. The molecule has 1 aliphatic heterocycles. The average Bonchev–Trinajstić information content (AvgIpc) is 2.92. The fourth-order valence-corrected chi connectivity index (χ4v) is 5.05. The maximum Gasteiger partial charge on any atom is 0.178 e. The lowest BCUT2D eigenvalue weighted by Gasteiger charge is -2.18. The minimum atomic E-state index is 0.0583. The van der Waals surface area contributed by atoms with Gasteiger partial charge in [-0.1, -0.05) is 153 Å². The Labute approximate surface area is 229 Å². The summed E-state index contributed by atoms with van der Waals surface area (Å²) in [7, 11) is 0. The lowest BCUT2D eigenvalue weighted by Crippen LogP contribution is -2.13. The van der Waals surface area contributed by atoms with Gasteiger partial charge >= 0.3 is 0 Å². The van der Waals surface area contributed by atoms with Crippen molar-refractivity contribution in [3.05, 3.63) is 72.2 Å². The minimum absolute atomic E-state index is 0.0583. The smallest absolute Gasteiger partial charge is 0.178 e. The molecule has 1 heterocycles. The van der Waals surface area contributed by atoms with Crippen LogP contribution in [0.1, 0.15) is 135 Å². The molecule has 0 spiro atoms. The molecule has 0 radical (unpaired) electrons. The van der Waals surface area contributed by atoms with Crippen LogP contribution in [0.5, 0.6) is 0 Å². The first-order valence-corrected chi connectivity index (χ1v) is 15.7. The summed E-state index contributed by atoms with van der Waals surface area (Å²) in [5.41, 5.74) is 2.24. The van der Waals surface area contributed by atoms with Crippen LogP contribution in [-0.2, 0) is 4.79 Å². The van der Waals surface area contributed by atoms with E-state index in [4.69, 9.17) is 0 Å². The number of hydrogen-bond acceptors (Lipinski definition) is 2. The van der Waals surface area contributed by atoms with Gasteiger partial charge < -0.3 is 4.90 Å². The Kier molecular flexibility index (Phi) is 18.5. The molecule has 2 rings (SSSR count). The quantitative estimate of drug-likeness (QED) is 0.136. The van der Waals surface area contributed by atoms with Gasteiger partial charge in [-0.05, 0) is 41.9 Å². The Balaban J connectivity index is 1.32. The fourth-order valence-electron chi connectivity index (χ4n) is 5.05. The highest BCUT2D eigenvalue weighted by Crippen LogP contribution is 2.16. The number of unbranched alkanes of at least 4 members (excludes halogenated alkanes) is 19. The van der Waals surface area contributed by atoms with E-state index in [1.165, 1.54) is 134 Å². The van der Waals surface area contributed by atoms with Crippen molar-refractivity contribution in [3.8, 4) is 0 Å². The third-order valence-electron chi connectivity index (χ3n) is 7.54. The van der Waals surface area contributed by atoms with E-state index in [2.05, 4.69) is 48.5 Å². The lowest BCUT2D eigenvalue weighted by molar-refractivity contribution is -0.110. The third-order valence-corrected chi connectivity index (χ3v) is 7.54. The fraction of sp³-hybridized carbons (Fsp3) is 0.629. The monoisotopic (exact) mass is 505 g/mol. The second-order valence-corrected chi connectivity index (χ2v) is 11.0. The summed E-state index contributed by atoms with van der Waals surface area (Å²) in [6, 6.07) is 0. The Morgan fingerprint density at radius 2 is 0.838 bits per heavy atom. The van der Waals surface area contributed by atoms with Gasteiger partial charge in [0.25, 0.3) is 0 Å². The summed E-state index contributed by atoms with van der Waals surface area (Å²) in [5.74, 6) is 0.0583. The molecule has 0 saturated heterocycles. The van der Waals surface area contributed by atoms with Gasteiger partial charge in [0.05, 0.1) is 0 Å². The predicted octanol–water partition coefficient (Wildman–Crippen LogP) is 10.7. The molecule has 2 heteroatoms. The van der Waals surface area contributed by atoms with E-state index in [0.29, 0.717) is 0 Å². The van der Waals surface area contributed by atoms with Gasteiger partial charge in [-0.2, -0.15) is 0 Å². The number of carbonyl (C=O) groups excluding carboxylic acids is 1. The van der Waals surface area contributed by atoms with Gasteiger partial charge in [-0.3, -0.25) is 4.79 Å². The zero-order valence-corrected chi connectivity index (χ0v) is 24.0. The van der Waals surface area contributed by atoms with E-state index in [1.54, 1.807) is 12.2 Å². The molecule has 0 aromatic rings. The Morgan fingerprint density at radius 1 is 0.486 bits per heavy atom. The van der Waals surface area contributed by atoms with E-state index < -0.39 is 0 Å². The van der Waals surface area contributed by atoms with Crippen molar-refractivity contribution < 1.29 is 4.79 Å². The van der Waals surface area contributed by atoms with Crippen molar-refractivity contribution in [2.45, 2.75) is 135 Å². The zero-order chi connectivity index (χ0) is 26.2. The maximum absolute atomic E-state index is 11.2. The highest BCUT2D eigenvalue weighted by molar-refractivity contribution is 6.01. The lowest BCUT2D eigenvalue weighted by atomic mass is 10.0. The molecule has 1 aliphatic carbocycles. The number of nitrogens with zero attached hydrogens (tertiary/aromatic N) is 1. The highest BCUT2D eigenvalue weighted by Gasteiger charge is 2.02. The van der Waals surface area contributed by atoms with E-state index in [0.717, 1.165) is 12.1 Å². The van der Waals surface area contributed by atoms with Crippen molar-refractivity contribution in [1.82, 2.24) is 4.90 Å². The van der Waals surface area contributed by atoms with Gasteiger partial charge in [0.1, 0.15) is 0 Å². The van der Waals surface area contributed by atoms with E-state index in [-0.39, 0.29) is 5.78 Å². The third kappa shape index (κ3) is 17.1. The van der Waals surface area contributed by atoms with Gasteiger partial charge in [0, 0.05) is 18.9 Å². The second kappa shape index (κ2) is 21.9. The van der Waals surface area contributed by atoms with Crippen LogP contribution < -0.4 is 0 Å². The van der Waals surface area contributed by atoms with Gasteiger partial charge in [0.2, 0.25) is 0 Å². The average molecular weight is 506 g/mol. The zero-order valence-electron chi connectivity index (χ0n) is 24.0. The number of ketones is 1. The Bertz CT molecular complexity index is 745. The van der Waals surface area contributed by atoms with Crippen LogP contribution in [0.4, 0.5) is 0 Å². The first kappa shape index (κ1) is 31.1. The van der Waals surface area contributed by atoms with E-state index >= 15 is 0 Å². The number of carbonyl (C=O) groups is 1. The molecule has 0 atom stereocenters. The summed E-state index contributed by atoms with van der Waals surface area (Å²) in [5, 5.41) is 0. The molecular formula is C35H55NO. The molecule has 0 aromatic heterocycles. The van der Waals surface area contributed by atoms with Gasteiger partial charge in [0.15, 0.2) is 5.78 Å². The van der Waals surface area contributed by atoms with E-state index in [1.807, 2.05) is 12.2 Å². The maximum atomic E-state index is 11.2. The van der Waals surface area contributed by atoms with Gasteiger partial charge in [-0.25, -0.2) is 0 Å². The largest absolute Gasteiger partial charge is 0.354 e. The molecule has 206 valence electrons. The van der Waals surface area contributed by atoms with Crippen molar-refractivity contribution in [3.63, 3.8) is 0 Å². The standard InChI is InChI=1S/C35H55NO/c1-2-3-4-5-6-7-8-9-10-11-12-13-14-15-16-17-18-19-20-21-30-36-31-28-34(29-32-36)23-22-33-24-26-35(37)27-25-33/h22-29,31-32H,2-21,30H2,1H3. The molecule has 0 aromatic carbocycles. The summed E-state index contributed by atoms with van der Waals surface area (Å²) < 4.78 is 0. The normalized spacial score (nSPS) is 14.7. The van der Waals surface area contributed by atoms with E-state index in [9.17, 15) is 4.79 Å². The number of rotatable bonds is 22. The number of allylic oxidation sites excluding steroid dienone is 10. The molecule has 0 saturated carbocycles. The SMILES string of the molecule is CCCCCCCCCCCCCCCCCCCCCCN1C=CC(=CC=C2C=CC(=O)C=C2)C=C1. The summed E-state index contributed by atoms with van der Waals surface area (Å²) in [6.45, 7) is 3.40. The van der Waals surface area contributed by atoms with Crippen LogP contribution >= 0.6 is 0 Å². The van der Waals surface area contributed by atoms with Crippen molar-refractivity contribution in [2.75, 3.05) is 6.54 Å². The second-order valence-electron chi connectivity index (χ2n) is 11.0. The van der Waals surface area contributed by atoms with Crippen LogP contribution in [0.15, 0.2) is 72.2 Å². The van der Waals surface area contributed by atoms with Crippen molar-refractivity contribution >= 4 is 5.78 Å². The van der Waals surface area contributed by atoms with Gasteiger partial charge in [-0.15, -0.1) is 0 Å². The van der Waals surface area contributed by atoms with Crippen LogP contribution in [0.3, 0.4) is 0 Å². The molecule has 2 aliphatic rings. The molecule has 2 nitrogen and oxygen atoms in total. The van der Waals surface area contributed by atoms with Crippen LogP contribution in [0.2, 0.25) is 0 Å². The Morgan fingerprint density at radius 3 is 1.24 bits per heavy atom. The van der Waals surface area contributed by atoms with Crippen molar-refractivity contribution in [1.29, 1.82) is 0 Å². The molecule has 0 fully saturated rings. The van der Waals surface area contributed by atoms with Crippen LogP contribution in [0, 0.1) is 0 Å². The Hall–Kier alpha value is -2.09. The predicted molar refractivity (Wildman–Crippen MR) is 162 cm³/mol. The van der Waals surface area contributed by atoms with Crippen LogP contribution in [-0.4, -0.2) is 17.2 Å². The first-order valence-electron chi connectivity index (χ1n) is 15.7. The summed E-state index contributed by atoms with van der Waals surface area (Å²) in [4.78, 5) is 13.5. The first-order chi connectivity index (χ1) is 18.3. The molecule has 0 unspecified atom stereocenters.